The van der Waals surface area contributed by atoms with Crippen LogP contribution in [0, 0.1) is 11.3 Å². The van der Waals surface area contributed by atoms with Gasteiger partial charge in [-0.2, -0.15) is 13.2 Å². The molecule has 26 heavy (non-hydrogen) atoms. The number of amides is 1. The van der Waals surface area contributed by atoms with Crippen LogP contribution in [0.4, 0.5) is 13.2 Å². The summed E-state index contributed by atoms with van der Waals surface area (Å²) < 4.78 is 39.7. The maximum absolute atomic E-state index is 13.2. The van der Waals surface area contributed by atoms with Crippen LogP contribution in [0.3, 0.4) is 0 Å². The zero-order chi connectivity index (χ0) is 18.4. The number of benzene rings is 1. The van der Waals surface area contributed by atoms with Gasteiger partial charge in [-0.25, -0.2) is 0 Å². The number of likely N-dealkylation sites (tertiary alicyclic amines) is 2. The van der Waals surface area contributed by atoms with E-state index in [4.69, 9.17) is 0 Å². The maximum atomic E-state index is 13.2. The molecule has 1 spiro atoms. The van der Waals surface area contributed by atoms with Crippen LogP contribution in [0.15, 0.2) is 24.3 Å². The monoisotopic (exact) mass is 366 g/mol. The van der Waals surface area contributed by atoms with Gasteiger partial charge in [-0.05, 0) is 56.2 Å². The summed E-state index contributed by atoms with van der Waals surface area (Å²) in [6, 6.07) is 5.78. The lowest BCUT2D eigenvalue weighted by atomic mass is 9.78. The number of hydrogen-bond acceptors (Lipinski definition) is 2. The van der Waals surface area contributed by atoms with Gasteiger partial charge in [0.25, 0.3) is 0 Å². The molecule has 3 aliphatic rings. The van der Waals surface area contributed by atoms with Gasteiger partial charge in [-0.1, -0.05) is 18.2 Å². The maximum Gasteiger partial charge on any atom is 0.416 e. The molecule has 0 bridgehead atoms. The minimum atomic E-state index is -4.34. The fourth-order valence-corrected chi connectivity index (χ4v) is 4.59. The van der Waals surface area contributed by atoms with Gasteiger partial charge in [0.15, 0.2) is 0 Å². The summed E-state index contributed by atoms with van der Waals surface area (Å²) in [5, 5.41) is 0. The predicted molar refractivity (Wildman–Crippen MR) is 92.3 cm³/mol. The van der Waals surface area contributed by atoms with E-state index in [-0.39, 0.29) is 17.9 Å². The smallest absolute Gasteiger partial charge is 0.342 e. The van der Waals surface area contributed by atoms with Crippen LogP contribution in [-0.2, 0) is 17.5 Å². The summed E-state index contributed by atoms with van der Waals surface area (Å²) in [5.74, 6) is 0.910. The quantitative estimate of drug-likeness (QED) is 0.806. The van der Waals surface area contributed by atoms with Crippen LogP contribution < -0.4 is 0 Å². The molecule has 4 rings (SSSR count). The summed E-state index contributed by atoms with van der Waals surface area (Å²) in [7, 11) is 0. The first kappa shape index (κ1) is 17.8. The van der Waals surface area contributed by atoms with Crippen LogP contribution in [-0.4, -0.2) is 41.9 Å². The van der Waals surface area contributed by atoms with E-state index in [0.717, 1.165) is 38.4 Å². The lowest BCUT2D eigenvalue weighted by Crippen LogP contribution is -2.50. The first-order chi connectivity index (χ1) is 12.4. The van der Waals surface area contributed by atoms with Crippen molar-refractivity contribution >= 4 is 5.91 Å². The van der Waals surface area contributed by atoms with Crippen molar-refractivity contribution in [3.8, 4) is 0 Å². The molecule has 1 saturated carbocycles. The summed E-state index contributed by atoms with van der Waals surface area (Å²) in [6.07, 6.45) is 0.737. The third-order valence-corrected chi connectivity index (χ3v) is 6.15. The zero-order valence-electron chi connectivity index (χ0n) is 14.9. The van der Waals surface area contributed by atoms with Crippen molar-refractivity contribution in [1.29, 1.82) is 0 Å². The molecule has 1 aromatic rings. The van der Waals surface area contributed by atoms with Crippen LogP contribution in [0.5, 0.6) is 0 Å². The molecular formula is C20H25F3N2O. The van der Waals surface area contributed by atoms with Crippen molar-refractivity contribution in [3.63, 3.8) is 0 Å². The topological polar surface area (TPSA) is 23.6 Å². The normalized spacial score (nSPS) is 27.5. The van der Waals surface area contributed by atoms with Gasteiger partial charge in [0.05, 0.1) is 11.0 Å². The fraction of sp³-hybridized carbons (Fsp3) is 0.650. The molecule has 3 fully saturated rings. The van der Waals surface area contributed by atoms with Gasteiger partial charge >= 0.3 is 6.18 Å². The van der Waals surface area contributed by atoms with E-state index in [0.29, 0.717) is 24.6 Å². The highest BCUT2D eigenvalue weighted by Crippen LogP contribution is 2.42. The molecule has 0 N–H and O–H groups in total. The molecule has 1 amide bonds. The lowest BCUT2D eigenvalue weighted by Gasteiger charge is -2.39. The van der Waals surface area contributed by atoms with E-state index >= 15 is 0 Å². The van der Waals surface area contributed by atoms with Gasteiger partial charge in [0.1, 0.15) is 0 Å². The van der Waals surface area contributed by atoms with Crippen LogP contribution in [0.2, 0.25) is 0 Å². The van der Waals surface area contributed by atoms with E-state index in [1.807, 2.05) is 9.80 Å². The Morgan fingerprint density at radius 2 is 1.88 bits per heavy atom. The Labute approximate surface area is 152 Å². The number of rotatable bonds is 4. The van der Waals surface area contributed by atoms with E-state index in [2.05, 4.69) is 0 Å². The molecule has 1 aliphatic carbocycles. The number of alkyl halides is 3. The molecule has 6 heteroatoms. The first-order valence-corrected chi connectivity index (χ1v) is 9.54. The largest absolute Gasteiger partial charge is 0.416 e. The summed E-state index contributed by atoms with van der Waals surface area (Å²) in [5.41, 5.74) is -0.637. The molecule has 1 unspecified atom stereocenters. The second-order valence-corrected chi connectivity index (χ2v) is 8.19. The van der Waals surface area contributed by atoms with Gasteiger partial charge in [0, 0.05) is 26.2 Å². The minimum Gasteiger partial charge on any atom is -0.342 e. The fourth-order valence-electron chi connectivity index (χ4n) is 4.59. The highest BCUT2D eigenvalue weighted by atomic mass is 19.4. The van der Waals surface area contributed by atoms with E-state index in [9.17, 15) is 18.0 Å². The van der Waals surface area contributed by atoms with Gasteiger partial charge < -0.3 is 4.90 Å². The molecule has 142 valence electrons. The van der Waals surface area contributed by atoms with Crippen LogP contribution in [0.1, 0.15) is 43.2 Å². The zero-order valence-corrected chi connectivity index (χ0v) is 14.9. The second-order valence-electron chi connectivity index (χ2n) is 8.19. The molecule has 0 aromatic heterocycles. The van der Waals surface area contributed by atoms with Gasteiger partial charge in [-0.15, -0.1) is 0 Å². The predicted octanol–water partition coefficient (Wildman–Crippen LogP) is 3.93. The van der Waals surface area contributed by atoms with Crippen molar-refractivity contribution in [3.05, 3.63) is 35.4 Å². The number of carbonyl (C=O) groups is 1. The highest BCUT2D eigenvalue weighted by Gasteiger charge is 2.49. The molecule has 1 aromatic carbocycles. The SMILES string of the molecule is O=C1N(CC2CC2)CCCC12CCN(Cc1ccccc1C(F)(F)F)C2. The third-order valence-electron chi connectivity index (χ3n) is 6.15. The molecule has 3 nitrogen and oxygen atoms in total. The average Bonchev–Trinajstić information content (AvgIpc) is 3.32. The standard InChI is InChI=1S/C20H25F3N2O/c21-20(22,23)17-5-2-1-4-16(17)13-24-11-9-19(14-24)8-3-10-25(18(19)26)12-15-6-7-15/h1-2,4-5,15H,3,6-14H2. The Morgan fingerprint density at radius 3 is 2.62 bits per heavy atom. The van der Waals surface area contributed by atoms with E-state index < -0.39 is 11.7 Å². The Hall–Kier alpha value is -1.56. The molecule has 2 heterocycles. The summed E-state index contributed by atoms with van der Waals surface area (Å²) >= 11 is 0. The number of hydrogen-bond donors (Lipinski definition) is 0. The third kappa shape index (κ3) is 3.48. The summed E-state index contributed by atoms with van der Waals surface area (Å²) in [6.45, 7) is 3.24. The van der Waals surface area contributed by atoms with Crippen molar-refractivity contribution in [2.24, 2.45) is 11.3 Å². The van der Waals surface area contributed by atoms with Gasteiger partial charge in [0.2, 0.25) is 5.91 Å². The molecule has 2 saturated heterocycles. The highest BCUT2D eigenvalue weighted by molar-refractivity contribution is 5.84. The average molecular weight is 366 g/mol. The van der Waals surface area contributed by atoms with E-state index in [1.54, 1.807) is 12.1 Å². The Bertz CT molecular complexity index is 686. The van der Waals surface area contributed by atoms with Crippen molar-refractivity contribution in [2.45, 2.75) is 44.8 Å². The Kier molecular flexibility index (Phi) is 4.49. The van der Waals surface area contributed by atoms with Crippen molar-refractivity contribution < 1.29 is 18.0 Å². The first-order valence-electron chi connectivity index (χ1n) is 9.54. The van der Waals surface area contributed by atoms with Gasteiger partial charge in [-0.3, -0.25) is 9.69 Å². The number of piperidine rings is 1. The minimum absolute atomic E-state index is 0.238. The Balaban J connectivity index is 1.46. The lowest BCUT2D eigenvalue weighted by molar-refractivity contribution is -0.146. The number of carbonyl (C=O) groups excluding carboxylic acids is 1. The molecule has 2 aliphatic heterocycles. The van der Waals surface area contributed by atoms with E-state index in [1.165, 1.54) is 18.9 Å². The number of nitrogens with zero attached hydrogens (tertiary/aromatic N) is 2. The number of halogens is 3. The second kappa shape index (κ2) is 6.55. The van der Waals surface area contributed by atoms with Crippen molar-refractivity contribution in [1.82, 2.24) is 9.80 Å². The van der Waals surface area contributed by atoms with Crippen LogP contribution in [0.25, 0.3) is 0 Å². The molecular weight excluding hydrogens is 341 g/mol. The Morgan fingerprint density at radius 1 is 1.12 bits per heavy atom. The summed E-state index contributed by atoms with van der Waals surface area (Å²) in [4.78, 5) is 17.1. The molecule has 1 atom stereocenters. The molecule has 0 radical (unpaired) electrons. The van der Waals surface area contributed by atoms with Crippen LogP contribution >= 0.6 is 0 Å². The van der Waals surface area contributed by atoms with Crippen molar-refractivity contribution in [2.75, 3.05) is 26.2 Å².